The lowest BCUT2D eigenvalue weighted by Gasteiger charge is -2.19. The van der Waals surface area contributed by atoms with E-state index in [0.29, 0.717) is 28.5 Å². The molecule has 3 rings (SSSR count). The molecule has 1 heterocycles. The maximum Gasteiger partial charge on any atom is 0.349 e. The van der Waals surface area contributed by atoms with Crippen molar-refractivity contribution in [3.8, 4) is 5.75 Å². The number of hydrogen-bond donors (Lipinski definition) is 1. The van der Waals surface area contributed by atoms with Gasteiger partial charge in [-0.1, -0.05) is 42.5 Å². The highest BCUT2D eigenvalue weighted by atomic mass is 32.1. The molecule has 0 spiro atoms. The highest BCUT2D eigenvalue weighted by Crippen LogP contribution is 2.28. The Morgan fingerprint density at radius 3 is 2.39 bits per heavy atom. The van der Waals surface area contributed by atoms with Crippen LogP contribution in [-0.2, 0) is 9.53 Å². The van der Waals surface area contributed by atoms with E-state index in [9.17, 15) is 9.59 Å². The number of hydrogen-bond acceptors (Lipinski definition) is 5. The number of ether oxygens (including phenoxy) is 2. The predicted octanol–water partition coefficient (Wildman–Crippen LogP) is 4.99. The second kappa shape index (κ2) is 9.19. The van der Waals surface area contributed by atoms with Gasteiger partial charge in [-0.2, -0.15) is 0 Å². The largest absolute Gasteiger partial charge is 0.492 e. The molecule has 0 bridgehead atoms. The van der Waals surface area contributed by atoms with Crippen molar-refractivity contribution >= 4 is 28.9 Å². The van der Waals surface area contributed by atoms with Crippen LogP contribution in [0.3, 0.4) is 0 Å². The Labute approximate surface area is 167 Å². The first kappa shape index (κ1) is 19.6. The summed E-state index contributed by atoms with van der Waals surface area (Å²) in [5.74, 6) is -0.412. The number of amides is 1. The fourth-order valence-corrected chi connectivity index (χ4v) is 3.41. The van der Waals surface area contributed by atoms with Gasteiger partial charge in [0.2, 0.25) is 6.10 Å². The van der Waals surface area contributed by atoms with E-state index in [1.54, 1.807) is 48.5 Å². The Balaban J connectivity index is 1.85. The van der Waals surface area contributed by atoms with Crippen LogP contribution in [0.4, 0.5) is 5.69 Å². The first-order valence-corrected chi connectivity index (χ1v) is 9.75. The Morgan fingerprint density at radius 1 is 1.00 bits per heavy atom. The van der Waals surface area contributed by atoms with Crippen molar-refractivity contribution in [1.29, 1.82) is 0 Å². The van der Waals surface area contributed by atoms with Gasteiger partial charge in [-0.3, -0.25) is 4.79 Å². The van der Waals surface area contributed by atoms with Gasteiger partial charge in [0.25, 0.3) is 5.91 Å². The maximum atomic E-state index is 13.0. The average Bonchev–Trinajstić information content (AvgIpc) is 3.15. The van der Waals surface area contributed by atoms with Gasteiger partial charge in [0, 0.05) is 10.4 Å². The molecule has 0 saturated heterocycles. The van der Waals surface area contributed by atoms with Crippen LogP contribution in [0.25, 0.3) is 0 Å². The normalized spacial score (nSPS) is 11.5. The lowest BCUT2D eigenvalue weighted by Crippen LogP contribution is -2.26. The van der Waals surface area contributed by atoms with Gasteiger partial charge in [-0.25, -0.2) is 4.79 Å². The van der Waals surface area contributed by atoms with Gasteiger partial charge in [0.15, 0.2) is 0 Å². The minimum absolute atomic E-state index is 0.444. The standard InChI is InChI=1S/C22H21NO4S/c1-3-26-18-12-8-7-11-17(18)23-21(24)20(16-9-5-4-6-10-16)27-22(25)19-14-13-15(2)28-19/h4-14,20H,3H2,1-2H3,(H,23,24)/t20-/m1/s1. The lowest BCUT2D eigenvalue weighted by molar-refractivity contribution is -0.125. The fourth-order valence-electron chi connectivity index (χ4n) is 2.66. The molecule has 0 unspecified atom stereocenters. The van der Waals surface area contributed by atoms with E-state index in [0.717, 1.165) is 4.88 Å². The lowest BCUT2D eigenvalue weighted by atomic mass is 10.1. The van der Waals surface area contributed by atoms with E-state index >= 15 is 0 Å². The first-order chi connectivity index (χ1) is 13.6. The zero-order valence-corrected chi connectivity index (χ0v) is 16.5. The minimum Gasteiger partial charge on any atom is -0.492 e. The van der Waals surface area contributed by atoms with Crippen molar-refractivity contribution in [3.05, 3.63) is 82.0 Å². The minimum atomic E-state index is -1.08. The predicted molar refractivity (Wildman–Crippen MR) is 110 cm³/mol. The number of thiophene rings is 1. The quantitative estimate of drug-likeness (QED) is 0.572. The van der Waals surface area contributed by atoms with Crippen molar-refractivity contribution in [1.82, 2.24) is 0 Å². The molecule has 0 aliphatic heterocycles. The van der Waals surface area contributed by atoms with Crippen molar-refractivity contribution in [2.24, 2.45) is 0 Å². The zero-order chi connectivity index (χ0) is 19.9. The molecule has 1 amide bonds. The highest BCUT2D eigenvalue weighted by Gasteiger charge is 2.27. The second-order valence-corrected chi connectivity index (χ2v) is 7.31. The first-order valence-electron chi connectivity index (χ1n) is 8.93. The molecule has 28 heavy (non-hydrogen) atoms. The molecule has 6 heteroatoms. The number of benzene rings is 2. The third kappa shape index (κ3) is 4.78. The van der Waals surface area contributed by atoms with Gasteiger partial charge in [0.05, 0.1) is 12.3 Å². The molecule has 1 aromatic heterocycles. The topological polar surface area (TPSA) is 64.6 Å². The smallest absolute Gasteiger partial charge is 0.349 e. The van der Waals surface area contributed by atoms with E-state index < -0.39 is 18.0 Å². The van der Waals surface area contributed by atoms with Crippen LogP contribution in [0.2, 0.25) is 0 Å². The number of carbonyl (C=O) groups excluding carboxylic acids is 2. The van der Waals surface area contributed by atoms with E-state index in [1.165, 1.54) is 11.3 Å². The monoisotopic (exact) mass is 395 g/mol. The summed E-state index contributed by atoms with van der Waals surface area (Å²) in [5.41, 5.74) is 1.12. The van der Waals surface area contributed by atoms with E-state index in [4.69, 9.17) is 9.47 Å². The second-order valence-electron chi connectivity index (χ2n) is 6.02. The summed E-state index contributed by atoms with van der Waals surface area (Å²) in [4.78, 5) is 27.0. The van der Waals surface area contributed by atoms with Crippen molar-refractivity contribution in [2.75, 3.05) is 11.9 Å². The number of esters is 1. The van der Waals surface area contributed by atoms with Crippen molar-refractivity contribution < 1.29 is 19.1 Å². The molecular formula is C22H21NO4S. The molecule has 1 N–H and O–H groups in total. The Hall–Kier alpha value is -3.12. The van der Waals surface area contributed by atoms with Crippen LogP contribution < -0.4 is 10.1 Å². The number of rotatable bonds is 7. The van der Waals surface area contributed by atoms with Crippen LogP contribution in [0.1, 0.15) is 33.1 Å². The molecule has 2 aromatic carbocycles. The number of anilines is 1. The molecule has 5 nitrogen and oxygen atoms in total. The summed E-state index contributed by atoms with van der Waals surface area (Å²) in [6.07, 6.45) is -1.08. The summed E-state index contributed by atoms with van der Waals surface area (Å²) in [6.45, 7) is 4.26. The van der Waals surface area contributed by atoms with Crippen LogP contribution in [0, 0.1) is 6.92 Å². The van der Waals surface area contributed by atoms with Crippen LogP contribution in [0.5, 0.6) is 5.75 Å². The Bertz CT molecular complexity index is 952. The molecule has 144 valence electrons. The van der Waals surface area contributed by atoms with Crippen LogP contribution in [0.15, 0.2) is 66.7 Å². The van der Waals surface area contributed by atoms with Crippen LogP contribution >= 0.6 is 11.3 Å². The molecule has 0 radical (unpaired) electrons. The molecule has 1 atom stereocenters. The molecule has 0 fully saturated rings. The van der Waals surface area contributed by atoms with E-state index in [1.807, 2.05) is 32.0 Å². The summed E-state index contributed by atoms with van der Waals surface area (Å²) in [6, 6.07) is 19.6. The number of nitrogens with one attached hydrogen (secondary N) is 1. The fraction of sp³-hybridized carbons (Fsp3) is 0.182. The third-order valence-corrected chi connectivity index (χ3v) is 4.93. The average molecular weight is 395 g/mol. The zero-order valence-electron chi connectivity index (χ0n) is 15.7. The summed E-state index contributed by atoms with van der Waals surface area (Å²) in [7, 11) is 0. The summed E-state index contributed by atoms with van der Waals surface area (Å²) >= 11 is 1.33. The molecule has 0 saturated carbocycles. The van der Waals surface area contributed by atoms with Gasteiger partial charge < -0.3 is 14.8 Å². The van der Waals surface area contributed by atoms with Gasteiger partial charge in [-0.05, 0) is 38.1 Å². The molecular weight excluding hydrogens is 374 g/mol. The van der Waals surface area contributed by atoms with E-state index in [-0.39, 0.29) is 0 Å². The Morgan fingerprint density at radius 2 is 1.71 bits per heavy atom. The van der Waals surface area contributed by atoms with Crippen molar-refractivity contribution in [3.63, 3.8) is 0 Å². The van der Waals surface area contributed by atoms with Gasteiger partial charge >= 0.3 is 5.97 Å². The van der Waals surface area contributed by atoms with Crippen LogP contribution in [-0.4, -0.2) is 18.5 Å². The molecule has 0 aliphatic carbocycles. The SMILES string of the molecule is CCOc1ccccc1NC(=O)[C@H](OC(=O)c1ccc(C)s1)c1ccccc1. The Kier molecular flexibility index (Phi) is 6.45. The maximum absolute atomic E-state index is 13.0. The number of para-hydroxylation sites is 2. The number of aryl methyl sites for hydroxylation is 1. The van der Waals surface area contributed by atoms with Gasteiger partial charge in [0.1, 0.15) is 10.6 Å². The summed E-state index contributed by atoms with van der Waals surface area (Å²) < 4.78 is 11.1. The molecule has 0 aliphatic rings. The third-order valence-electron chi connectivity index (χ3n) is 3.95. The van der Waals surface area contributed by atoms with Gasteiger partial charge in [-0.15, -0.1) is 11.3 Å². The highest BCUT2D eigenvalue weighted by molar-refractivity contribution is 7.13. The van der Waals surface area contributed by atoms with E-state index in [2.05, 4.69) is 5.32 Å². The molecule has 3 aromatic rings. The summed E-state index contributed by atoms with van der Waals surface area (Å²) in [5, 5.41) is 2.82. The number of carbonyl (C=O) groups is 2. The van der Waals surface area contributed by atoms with Crippen molar-refractivity contribution in [2.45, 2.75) is 20.0 Å².